The summed E-state index contributed by atoms with van der Waals surface area (Å²) < 4.78 is 5.63. The topological polar surface area (TPSA) is 41.5 Å². The summed E-state index contributed by atoms with van der Waals surface area (Å²) in [5.41, 5.74) is 3.68. The molecule has 2 aromatic carbocycles. The normalized spacial score (nSPS) is 17.3. The molecule has 0 saturated carbocycles. The van der Waals surface area contributed by atoms with Gasteiger partial charge < -0.3 is 15.2 Å². The van der Waals surface area contributed by atoms with Crippen LogP contribution in [0.15, 0.2) is 42.5 Å². The average molecular weight is 283 g/mol. The van der Waals surface area contributed by atoms with E-state index in [1.165, 1.54) is 16.7 Å². The van der Waals surface area contributed by atoms with E-state index in [2.05, 4.69) is 24.4 Å². The standard InChI is InChI=1S/C18H21NO2/c1-2-11-21-16-7-4-14(5-8-16)18-17-12-15(20)6-3-13(17)9-10-19-18/h3-8,12,18-20H,2,9-11H2,1H3. The Morgan fingerprint density at radius 2 is 2.00 bits per heavy atom. The van der Waals surface area contributed by atoms with Crippen LogP contribution >= 0.6 is 0 Å². The second-order valence-corrected chi connectivity index (χ2v) is 5.44. The van der Waals surface area contributed by atoms with Crippen LogP contribution in [-0.4, -0.2) is 18.3 Å². The van der Waals surface area contributed by atoms with Gasteiger partial charge in [0, 0.05) is 6.54 Å². The summed E-state index contributed by atoms with van der Waals surface area (Å²) in [4.78, 5) is 0. The Morgan fingerprint density at radius 1 is 1.19 bits per heavy atom. The van der Waals surface area contributed by atoms with Crippen LogP contribution in [0, 0.1) is 0 Å². The van der Waals surface area contributed by atoms with Gasteiger partial charge in [-0.15, -0.1) is 0 Å². The maximum atomic E-state index is 9.75. The average Bonchev–Trinajstić information content (AvgIpc) is 2.53. The minimum absolute atomic E-state index is 0.140. The van der Waals surface area contributed by atoms with Crippen molar-refractivity contribution < 1.29 is 9.84 Å². The van der Waals surface area contributed by atoms with Gasteiger partial charge in [0.05, 0.1) is 12.6 Å². The lowest BCUT2D eigenvalue weighted by Gasteiger charge is -2.27. The van der Waals surface area contributed by atoms with Gasteiger partial charge >= 0.3 is 0 Å². The lowest BCUT2D eigenvalue weighted by molar-refractivity contribution is 0.317. The van der Waals surface area contributed by atoms with E-state index >= 15 is 0 Å². The quantitative estimate of drug-likeness (QED) is 0.903. The first-order valence-corrected chi connectivity index (χ1v) is 7.56. The number of hydrogen-bond acceptors (Lipinski definition) is 3. The van der Waals surface area contributed by atoms with Crippen molar-refractivity contribution >= 4 is 0 Å². The lowest BCUT2D eigenvalue weighted by atomic mass is 9.90. The molecule has 1 aliphatic heterocycles. The fourth-order valence-corrected chi connectivity index (χ4v) is 2.81. The van der Waals surface area contributed by atoms with Crippen molar-refractivity contribution in [2.24, 2.45) is 0 Å². The molecule has 0 aliphatic carbocycles. The van der Waals surface area contributed by atoms with Crippen LogP contribution in [0.4, 0.5) is 0 Å². The van der Waals surface area contributed by atoms with E-state index in [4.69, 9.17) is 4.74 Å². The van der Waals surface area contributed by atoms with E-state index in [-0.39, 0.29) is 6.04 Å². The molecule has 1 unspecified atom stereocenters. The zero-order chi connectivity index (χ0) is 14.7. The molecule has 1 aliphatic rings. The number of hydrogen-bond donors (Lipinski definition) is 2. The SMILES string of the molecule is CCCOc1ccc(C2NCCc3ccc(O)cc32)cc1. The maximum absolute atomic E-state index is 9.75. The minimum Gasteiger partial charge on any atom is -0.508 e. The third-order valence-corrected chi connectivity index (χ3v) is 3.87. The van der Waals surface area contributed by atoms with E-state index in [9.17, 15) is 5.11 Å². The third kappa shape index (κ3) is 3.03. The predicted octanol–water partition coefficient (Wildman–Crippen LogP) is 3.42. The van der Waals surface area contributed by atoms with Crippen LogP contribution in [0.2, 0.25) is 0 Å². The first-order chi connectivity index (χ1) is 10.3. The van der Waals surface area contributed by atoms with Gasteiger partial charge in [-0.05, 0) is 53.8 Å². The molecule has 1 heterocycles. The van der Waals surface area contributed by atoms with Gasteiger partial charge in [-0.25, -0.2) is 0 Å². The second-order valence-electron chi connectivity index (χ2n) is 5.44. The molecule has 2 aromatic rings. The van der Waals surface area contributed by atoms with Crippen molar-refractivity contribution in [3.8, 4) is 11.5 Å². The Bertz CT molecular complexity index is 607. The fraction of sp³-hybridized carbons (Fsp3) is 0.333. The van der Waals surface area contributed by atoms with Crippen LogP contribution in [0.3, 0.4) is 0 Å². The smallest absolute Gasteiger partial charge is 0.119 e. The Morgan fingerprint density at radius 3 is 2.76 bits per heavy atom. The molecule has 3 heteroatoms. The van der Waals surface area contributed by atoms with Gasteiger partial charge in [-0.3, -0.25) is 0 Å². The van der Waals surface area contributed by atoms with Gasteiger partial charge in [-0.1, -0.05) is 25.1 Å². The van der Waals surface area contributed by atoms with Gasteiger partial charge in [-0.2, -0.15) is 0 Å². The number of rotatable bonds is 4. The second kappa shape index (κ2) is 6.19. The number of fused-ring (bicyclic) bond motifs is 1. The fourth-order valence-electron chi connectivity index (χ4n) is 2.81. The van der Waals surface area contributed by atoms with Gasteiger partial charge in [0.25, 0.3) is 0 Å². The van der Waals surface area contributed by atoms with Crippen molar-refractivity contribution in [1.29, 1.82) is 0 Å². The molecule has 21 heavy (non-hydrogen) atoms. The van der Waals surface area contributed by atoms with Crippen LogP contribution in [-0.2, 0) is 6.42 Å². The molecule has 0 aromatic heterocycles. The summed E-state index contributed by atoms with van der Waals surface area (Å²) in [6.07, 6.45) is 2.02. The number of ether oxygens (including phenoxy) is 1. The lowest BCUT2D eigenvalue weighted by Crippen LogP contribution is -2.30. The monoisotopic (exact) mass is 283 g/mol. The molecule has 2 N–H and O–H groups in total. The summed E-state index contributed by atoms with van der Waals surface area (Å²) in [5, 5.41) is 13.3. The van der Waals surface area contributed by atoms with Crippen molar-refractivity contribution in [2.75, 3.05) is 13.2 Å². The number of nitrogens with one attached hydrogen (secondary N) is 1. The summed E-state index contributed by atoms with van der Waals surface area (Å²) in [6, 6.07) is 14.0. The molecule has 3 rings (SSSR count). The van der Waals surface area contributed by atoms with Crippen LogP contribution < -0.4 is 10.1 Å². The van der Waals surface area contributed by atoms with E-state index in [0.717, 1.165) is 31.7 Å². The molecular weight excluding hydrogens is 262 g/mol. The Balaban J connectivity index is 1.86. The molecule has 0 fully saturated rings. The summed E-state index contributed by atoms with van der Waals surface area (Å²) in [7, 11) is 0. The zero-order valence-electron chi connectivity index (χ0n) is 12.3. The third-order valence-electron chi connectivity index (χ3n) is 3.87. The Labute approximate surface area is 125 Å². The van der Waals surface area contributed by atoms with E-state index in [1.807, 2.05) is 24.3 Å². The number of benzene rings is 2. The summed E-state index contributed by atoms with van der Waals surface area (Å²) in [6.45, 7) is 3.80. The highest BCUT2D eigenvalue weighted by Gasteiger charge is 2.21. The molecular formula is C18H21NO2. The van der Waals surface area contributed by atoms with Crippen LogP contribution in [0.25, 0.3) is 0 Å². The molecule has 0 amide bonds. The maximum Gasteiger partial charge on any atom is 0.119 e. The molecule has 1 atom stereocenters. The van der Waals surface area contributed by atoms with Crippen molar-refractivity contribution in [3.63, 3.8) is 0 Å². The van der Waals surface area contributed by atoms with Gasteiger partial charge in [0.1, 0.15) is 11.5 Å². The molecule has 0 spiro atoms. The number of phenols is 1. The first-order valence-electron chi connectivity index (χ1n) is 7.56. The molecule has 0 radical (unpaired) electrons. The Kier molecular flexibility index (Phi) is 4.11. The summed E-state index contributed by atoms with van der Waals surface area (Å²) >= 11 is 0. The van der Waals surface area contributed by atoms with Gasteiger partial charge in [0.2, 0.25) is 0 Å². The van der Waals surface area contributed by atoms with Crippen molar-refractivity contribution in [1.82, 2.24) is 5.32 Å². The van der Waals surface area contributed by atoms with Crippen molar-refractivity contribution in [2.45, 2.75) is 25.8 Å². The van der Waals surface area contributed by atoms with Crippen molar-refractivity contribution in [3.05, 3.63) is 59.2 Å². The highest BCUT2D eigenvalue weighted by atomic mass is 16.5. The minimum atomic E-state index is 0.140. The molecule has 0 bridgehead atoms. The highest BCUT2D eigenvalue weighted by molar-refractivity contribution is 5.44. The largest absolute Gasteiger partial charge is 0.508 e. The van der Waals surface area contributed by atoms with Crippen LogP contribution in [0.5, 0.6) is 11.5 Å². The predicted molar refractivity (Wildman–Crippen MR) is 83.9 cm³/mol. The van der Waals surface area contributed by atoms with E-state index in [1.54, 1.807) is 6.07 Å². The highest BCUT2D eigenvalue weighted by Crippen LogP contribution is 2.31. The molecule has 110 valence electrons. The number of aromatic hydroxyl groups is 1. The summed E-state index contributed by atoms with van der Waals surface area (Å²) in [5.74, 6) is 1.23. The molecule has 3 nitrogen and oxygen atoms in total. The van der Waals surface area contributed by atoms with Crippen LogP contribution in [0.1, 0.15) is 36.1 Å². The van der Waals surface area contributed by atoms with E-state index < -0.39 is 0 Å². The Hall–Kier alpha value is -2.00. The molecule has 0 saturated heterocycles. The van der Waals surface area contributed by atoms with Gasteiger partial charge in [0.15, 0.2) is 0 Å². The zero-order valence-corrected chi connectivity index (χ0v) is 12.3. The first kappa shape index (κ1) is 14.0. The number of phenolic OH excluding ortho intramolecular Hbond substituents is 1. The van der Waals surface area contributed by atoms with E-state index in [0.29, 0.717) is 5.75 Å².